The van der Waals surface area contributed by atoms with E-state index in [0.717, 1.165) is 45.9 Å². The van der Waals surface area contributed by atoms with E-state index in [9.17, 15) is 4.79 Å². The second-order valence-corrected chi connectivity index (χ2v) is 6.01. The largest absolute Gasteiger partial charge is 0.380 e. The zero-order valence-corrected chi connectivity index (χ0v) is 13.9. The molecule has 0 aliphatic carbocycles. The lowest BCUT2D eigenvalue weighted by molar-refractivity contribution is -0.125. The molecular weight excluding hydrogens is 268 g/mol. The molecule has 5 nitrogen and oxygen atoms in total. The highest BCUT2D eigenvalue weighted by Gasteiger charge is 2.21. The van der Waals surface area contributed by atoms with Crippen molar-refractivity contribution in [3.8, 4) is 0 Å². The first-order valence-corrected chi connectivity index (χ1v) is 8.33. The summed E-state index contributed by atoms with van der Waals surface area (Å²) in [4.78, 5) is 13.9. The molecule has 0 aromatic rings. The number of nitrogens with one attached hydrogen (secondary N) is 1. The van der Waals surface area contributed by atoms with Crippen LogP contribution in [-0.2, 0) is 14.3 Å². The smallest absolute Gasteiger partial charge is 0.222 e. The Kier molecular flexibility index (Phi) is 9.63. The fourth-order valence-corrected chi connectivity index (χ4v) is 2.28. The van der Waals surface area contributed by atoms with Crippen LogP contribution in [-0.4, -0.2) is 62.9 Å². The van der Waals surface area contributed by atoms with Gasteiger partial charge < -0.3 is 14.8 Å². The maximum Gasteiger partial charge on any atom is 0.222 e. The second kappa shape index (κ2) is 11.0. The topological polar surface area (TPSA) is 50.8 Å². The standard InChI is InChI=1S/C16H32N2O3/c1-4-5-6-9-20-10-7-18-8-11-21-15(13-18)12-17-16(19)14(2)3/h14-15H,4-13H2,1-3H3,(H,17,19). The predicted octanol–water partition coefficient (Wildman–Crippen LogP) is 1.67. The molecule has 1 unspecified atom stereocenters. The molecule has 0 saturated carbocycles. The molecule has 21 heavy (non-hydrogen) atoms. The van der Waals surface area contributed by atoms with Gasteiger partial charge in [-0.15, -0.1) is 0 Å². The fourth-order valence-electron chi connectivity index (χ4n) is 2.28. The molecule has 124 valence electrons. The Bertz CT molecular complexity index is 285. The van der Waals surface area contributed by atoms with Crippen molar-refractivity contribution in [1.82, 2.24) is 10.2 Å². The summed E-state index contributed by atoms with van der Waals surface area (Å²) in [7, 11) is 0. The third-order valence-electron chi connectivity index (χ3n) is 3.70. The van der Waals surface area contributed by atoms with E-state index in [1.54, 1.807) is 0 Å². The van der Waals surface area contributed by atoms with Crippen LogP contribution in [0.25, 0.3) is 0 Å². The normalized spacial score (nSPS) is 19.9. The molecule has 0 radical (unpaired) electrons. The highest BCUT2D eigenvalue weighted by atomic mass is 16.5. The predicted molar refractivity (Wildman–Crippen MR) is 84.4 cm³/mol. The van der Waals surface area contributed by atoms with Crippen LogP contribution in [0.1, 0.15) is 40.0 Å². The van der Waals surface area contributed by atoms with Gasteiger partial charge in [-0.2, -0.15) is 0 Å². The Morgan fingerprint density at radius 3 is 2.90 bits per heavy atom. The highest BCUT2D eigenvalue weighted by Crippen LogP contribution is 2.05. The van der Waals surface area contributed by atoms with Crippen LogP contribution in [0.15, 0.2) is 0 Å². The average Bonchev–Trinajstić information content (AvgIpc) is 2.48. The van der Waals surface area contributed by atoms with Gasteiger partial charge in [0.2, 0.25) is 5.91 Å². The number of nitrogens with zero attached hydrogens (tertiary/aromatic N) is 1. The molecule has 5 heteroatoms. The lowest BCUT2D eigenvalue weighted by atomic mass is 10.2. The summed E-state index contributed by atoms with van der Waals surface area (Å²) in [5.41, 5.74) is 0. The summed E-state index contributed by atoms with van der Waals surface area (Å²) in [6.07, 6.45) is 3.73. The first kappa shape index (κ1) is 18.4. The molecule has 1 aliphatic rings. The van der Waals surface area contributed by atoms with Crippen LogP contribution in [0, 0.1) is 5.92 Å². The number of rotatable bonds is 10. The summed E-state index contributed by atoms with van der Waals surface area (Å²) in [6, 6.07) is 0. The van der Waals surface area contributed by atoms with Gasteiger partial charge in [-0.3, -0.25) is 9.69 Å². The van der Waals surface area contributed by atoms with Crippen LogP contribution >= 0.6 is 0 Å². The first-order valence-electron chi connectivity index (χ1n) is 8.33. The zero-order valence-electron chi connectivity index (χ0n) is 13.9. The minimum Gasteiger partial charge on any atom is -0.380 e. The average molecular weight is 300 g/mol. The minimum atomic E-state index is 0.0289. The summed E-state index contributed by atoms with van der Waals surface area (Å²) < 4.78 is 11.4. The number of morpholine rings is 1. The molecule has 0 spiro atoms. The van der Waals surface area contributed by atoms with Crippen molar-refractivity contribution >= 4 is 5.91 Å². The number of ether oxygens (including phenoxy) is 2. The molecule has 1 atom stereocenters. The zero-order chi connectivity index (χ0) is 15.5. The monoisotopic (exact) mass is 300 g/mol. The molecule has 1 fully saturated rings. The lowest BCUT2D eigenvalue weighted by Crippen LogP contribution is -2.48. The molecule has 0 bridgehead atoms. The Morgan fingerprint density at radius 2 is 2.19 bits per heavy atom. The van der Waals surface area contributed by atoms with Crippen molar-refractivity contribution in [1.29, 1.82) is 0 Å². The van der Waals surface area contributed by atoms with E-state index in [-0.39, 0.29) is 17.9 Å². The summed E-state index contributed by atoms with van der Waals surface area (Å²) in [5, 5.41) is 2.94. The summed E-state index contributed by atoms with van der Waals surface area (Å²) in [5.74, 6) is 0.121. The number of carbonyl (C=O) groups is 1. The van der Waals surface area contributed by atoms with Crippen LogP contribution < -0.4 is 5.32 Å². The van der Waals surface area contributed by atoms with Gasteiger partial charge in [0.25, 0.3) is 0 Å². The lowest BCUT2D eigenvalue weighted by Gasteiger charge is -2.33. The molecular formula is C16H32N2O3. The van der Waals surface area contributed by atoms with Crippen molar-refractivity contribution in [3.63, 3.8) is 0 Å². The minimum absolute atomic E-state index is 0.0289. The summed E-state index contributed by atoms with van der Waals surface area (Å²) in [6.45, 7) is 11.8. The van der Waals surface area contributed by atoms with E-state index < -0.39 is 0 Å². The van der Waals surface area contributed by atoms with Crippen molar-refractivity contribution in [2.24, 2.45) is 5.92 Å². The molecule has 1 heterocycles. The molecule has 1 aliphatic heterocycles. The second-order valence-electron chi connectivity index (χ2n) is 6.01. The van der Waals surface area contributed by atoms with E-state index in [1.165, 1.54) is 12.8 Å². The van der Waals surface area contributed by atoms with Crippen molar-refractivity contribution in [3.05, 3.63) is 0 Å². The number of unbranched alkanes of at least 4 members (excludes halogenated alkanes) is 2. The Balaban J connectivity index is 2.10. The number of hydrogen-bond acceptors (Lipinski definition) is 4. The van der Waals surface area contributed by atoms with E-state index in [1.807, 2.05) is 13.8 Å². The Labute approximate surface area is 129 Å². The van der Waals surface area contributed by atoms with Crippen LogP contribution in [0.4, 0.5) is 0 Å². The van der Waals surface area contributed by atoms with Crippen molar-refractivity contribution < 1.29 is 14.3 Å². The van der Waals surface area contributed by atoms with Gasteiger partial charge in [0.05, 0.1) is 19.3 Å². The summed E-state index contributed by atoms with van der Waals surface area (Å²) >= 11 is 0. The quantitative estimate of drug-likeness (QED) is 0.624. The van der Waals surface area contributed by atoms with E-state index >= 15 is 0 Å². The molecule has 1 saturated heterocycles. The Morgan fingerprint density at radius 1 is 1.38 bits per heavy atom. The molecule has 1 amide bonds. The number of amides is 1. The Hall–Kier alpha value is -0.650. The fraction of sp³-hybridized carbons (Fsp3) is 0.938. The van der Waals surface area contributed by atoms with Crippen LogP contribution in [0.2, 0.25) is 0 Å². The van der Waals surface area contributed by atoms with Crippen molar-refractivity contribution in [2.75, 3.05) is 46.0 Å². The van der Waals surface area contributed by atoms with E-state index in [4.69, 9.17) is 9.47 Å². The van der Waals surface area contributed by atoms with Crippen LogP contribution in [0.3, 0.4) is 0 Å². The van der Waals surface area contributed by atoms with Gasteiger partial charge in [0.15, 0.2) is 0 Å². The molecule has 1 rings (SSSR count). The van der Waals surface area contributed by atoms with Crippen molar-refractivity contribution in [2.45, 2.75) is 46.1 Å². The van der Waals surface area contributed by atoms with Gasteiger partial charge in [-0.25, -0.2) is 0 Å². The maximum absolute atomic E-state index is 11.6. The van der Waals surface area contributed by atoms with E-state index in [0.29, 0.717) is 6.54 Å². The number of carbonyl (C=O) groups excluding carboxylic acids is 1. The van der Waals surface area contributed by atoms with Gasteiger partial charge in [0, 0.05) is 38.7 Å². The van der Waals surface area contributed by atoms with Gasteiger partial charge >= 0.3 is 0 Å². The maximum atomic E-state index is 11.6. The molecule has 1 N–H and O–H groups in total. The molecule has 0 aromatic carbocycles. The highest BCUT2D eigenvalue weighted by molar-refractivity contribution is 5.77. The first-order chi connectivity index (χ1) is 10.1. The molecule has 0 aromatic heterocycles. The number of hydrogen-bond donors (Lipinski definition) is 1. The third-order valence-corrected chi connectivity index (χ3v) is 3.70. The van der Waals surface area contributed by atoms with Crippen LogP contribution in [0.5, 0.6) is 0 Å². The van der Waals surface area contributed by atoms with Gasteiger partial charge in [-0.05, 0) is 6.42 Å². The SMILES string of the molecule is CCCCCOCCN1CCOC(CNC(=O)C(C)C)C1. The third kappa shape index (κ3) is 8.39. The van der Waals surface area contributed by atoms with Gasteiger partial charge in [-0.1, -0.05) is 33.6 Å². The van der Waals surface area contributed by atoms with Gasteiger partial charge in [0.1, 0.15) is 0 Å². The van der Waals surface area contributed by atoms with E-state index in [2.05, 4.69) is 17.1 Å².